The van der Waals surface area contributed by atoms with Crippen molar-refractivity contribution in [3.05, 3.63) is 51.1 Å². The van der Waals surface area contributed by atoms with Gasteiger partial charge in [-0.2, -0.15) is 5.10 Å². The molecule has 0 amide bonds. The Morgan fingerprint density at radius 1 is 1.40 bits per heavy atom. The molecule has 0 fully saturated rings. The lowest BCUT2D eigenvalue weighted by Gasteiger charge is -2.19. The molecule has 0 aliphatic rings. The van der Waals surface area contributed by atoms with Crippen LogP contribution in [0.5, 0.6) is 0 Å². The van der Waals surface area contributed by atoms with E-state index in [1.54, 1.807) is 6.07 Å². The van der Waals surface area contributed by atoms with Crippen molar-refractivity contribution < 1.29 is 4.39 Å². The average Bonchev–Trinajstić information content (AvgIpc) is 2.80. The maximum absolute atomic E-state index is 13.3. The number of halogens is 2. The van der Waals surface area contributed by atoms with Gasteiger partial charge in [0, 0.05) is 29.3 Å². The molecule has 0 radical (unpaired) electrons. The van der Waals surface area contributed by atoms with Gasteiger partial charge < -0.3 is 5.32 Å². The van der Waals surface area contributed by atoms with Crippen LogP contribution in [0.4, 0.5) is 4.39 Å². The number of hydrogen-bond donors (Lipinski definition) is 1. The van der Waals surface area contributed by atoms with Crippen molar-refractivity contribution >= 4 is 22.6 Å². The normalized spacial score (nSPS) is 12.6. The van der Waals surface area contributed by atoms with E-state index in [1.807, 2.05) is 30.1 Å². The van der Waals surface area contributed by atoms with Gasteiger partial charge in [-0.25, -0.2) is 4.39 Å². The monoisotopic (exact) mass is 387 g/mol. The van der Waals surface area contributed by atoms with Crippen LogP contribution in [0, 0.1) is 9.39 Å². The molecule has 1 N–H and O–H groups in total. The van der Waals surface area contributed by atoms with Crippen LogP contribution < -0.4 is 5.32 Å². The lowest BCUT2D eigenvalue weighted by Crippen LogP contribution is -2.25. The number of nitrogens with zero attached hydrogens (tertiary/aromatic N) is 2. The molecule has 0 bridgehead atoms. The Balaban J connectivity index is 2.22. The summed E-state index contributed by atoms with van der Waals surface area (Å²) in [5, 5.41) is 7.96. The molecule has 0 saturated heterocycles. The summed E-state index contributed by atoms with van der Waals surface area (Å²) in [6, 6.07) is 7.16. The number of rotatable bonds is 6. The van der Waals surface area contributed by atoms with Crippen molar-refractivity contribution in [1.82, 2.24) is 15.1 Å². The van der Waals surface area contributed by atoms with Crippen LogP contribution in [0.1, 0.15) is 30.6 Å². The quantitative estimate of drug-likeness (QED) is 0.770. The number of aromatic nitrogens is 2. The fraction of sp³-hybridized carbons (Fsp3) is 0.400. The summed E-state index contributed by atoms with van der Waals surface area (Å²) < 4.78 is 16.0. The second-order valence-corrected chi connectivity index (χ2v) is 6.02. The van der Waals surface area contributed by atoms with Gasteiger partial charge in [0.1, 0.15) is 5.82 Å². The maximum Gasteiger partial charge on any atom is 0.124 e. The summed E-state index contributed by atoms with van der Waals surface area (Å²) >= 11 is 2.20. The Labute approximate surface area is 132 Å². The summed E-state index contributed by atoms with van der Waals surface area (Å²) in [5.74, 6) is -0.190. The molecule has 2 aromatic rings. The van der Waals surface area contributed by atoms with Gasteiger partial charge in [0.05, 0.1) is 5.69 Å². The minimum absolute atomic E-state index is 0.164. The molecule has 3 nitrogen and oxygen atoms in total. The number of aryl methyl sites for hydroxylation is 1. The smallest absolute Gasteiger partial charge is 0.124 e. The van der Waals surface area contributed by atoms with Gasteiger partial charge in [0.25, 0.3) is 0 Å². The van der Waals surface area contributed by atoms with Crippen LogP contribution in [-0.2, 0) is 13.5 Å². The highest BCUT2D eigenvalue weighted by atomic mass is 127. The fourth-order valence-electron chi connectivity index (χ4n) is 2.18. The van der Waals surface area contributed by atoms with Gasteiger partial charge in [0.15, 0.2) is 0 Å². The summed E-state index contributed by atoms with van der Waals surface area (Å²) in [7, 11) is 1.92. The predicted octanol–water partition coefficient (Wildman–Crippen LogP) is 3.45. The number of hydrogen-bond acceptors (Lipinski definition) is 2. The van der Waals surface area contributed by atoms with Gasteiger partial charge in [0.2, 0.25) is 0 Å². The Kier molecular flexibility index (Phi) is 5.54. The summed E-state index contributed by atoms with van der Waals surface area (Å²) in [6.45, 7) is 3.07. The lowest BCUT2D eigenvalue weighted by molar-refractivity contribution is 0.517. The minimum Gasteiger partial charge on any atom is -0.310 e. The first-order chi connectivity index (χ1) is 9.60. The predicted molar refractivity (Wildman–Crippen MR) is 87.1 cm³/mol. The molecular formula is C15H19FIN3. The highest BCUT2D eigenvalue weighted by molar-refractivity contribution is 14.1. The second-order valence-electron chi connectivity index (χ2n) is 4.86. The number of benzene rings is 1. The van der Waals surface area contributed by atoms with E-state index in [4.69, 9.17) is 0 Å². The highest BCUT2D eigenvalue weighted by Gasteiger charge is 2.16. The summed E-state index contributed by atoms with van der Waals surface area (Å²) in [6.07, 6.45) is 3.82. The van der Waals surface area contributed by atoms with Crippen LogP contribution >= 0.6 is 22.6 Å². The van der Waals surface area contributed by atoms with Crippen molar-refractivity contribution in [2.24, 2.45) is 7.05 Å². The first-order valence-corrected chi connectivity index (χ1v) is 7.85. The standard InChI is InChI=1S/C15H19FIN3/c1-3-7-18-15(10-12-6-8-20(2)19-12)13-5-4-11(16)9-14(13)17/h4-6,8-9,15,18H,3,7,10H2,1-2H3. The van der Waals surface area contributed by atoms with E-state index in [0.29, 0.717) is 0 Å². The molecule has 1 atom stereocenters. The van der Waals surface area contributed by atoms with E-state index in [1.165, 1.54) is 6.07 Å². The van der Waals surface area contributed by atoms with E-state index in [0.717, 1.165) is 34.2 Å². The molecule has 1 aromatic heterocycles. The zero-order valence-electron chi connectivity index (χ0n) is 11.7. The average molecular weight is 387 g/mol. The van der Waals surface area contributed by atoms with Gasteiger partial charge in [-0.3, -0.25) is 4.68 Å². The Bertz CT molecular complexity index is 568. The van der Waals surface area contributed by atoms with Crippen LogP contribution in [0.15, 0.2) is 30.5 Å². The maximum atomic E-state index is 13.3. The van der Waals surface area contributed by atoms with Crippen molar-refractivity contribution in [3.63, 3.8) is 0 Å². The Hall–Kier alpha value is -0.950. The molecule has 1 heterocycles. The third-order valence-corrected chi connectivity index (χ3v) is 4.09. The van der Waals surface area contributed by atoms with E-state index in [9.17, 15) is 4.39 Å². The molecule has 1 unspecified atom stereocenters. The van der Waals surface area contributed by atoms with Crippen LogP contribution in [0.2, 0.25) is 0 Å². The lowest BCUT2D eigenvalue weighted by atomic mass is 10.0. The SMILES string of the molecule is CCCNC(Cc1ccn(C)n1)c1ccc(F)cc1I. The van der Waals surface area contributed by atoms with Crippen molar-refractivity contribution in [3.8, 4) is 0 Å². The molecule has 0 spiro atoms. The van der Waals surface area contributed by atoms with E-state index < -0.39 is 0 Å². The first kappa shape index (κ1) is 15.4. The molecule has 108 valence electrons. The molecule has 0 aliphatic heterocycles. The molecule has 2 rings (SSSR count). The zero-order valence-corrected chi connectivity index (χ0v) is 13.9. The molecule has 20 heavy (non-hydrogen) atoms. The van der Waals surface area contributed by atoms with Gasteiger partial charge in [-0.05, 0) is 59.3 Å². The van der Waals surface area contributed by atoms with Gasteiger partial charge in [-0.1, -0.05) is 13.0 Å². The third-order valence-electron chi connectivity index (χ3n) is 3.16. The molecule has 5 heteroatoms. The summed E-state index contributed by atoms with van der Waals surface area (Å²) in [4.78, 5) is 0. The zero-order chi connectivity index (χ0) is 14.5. The fourth-order valence-corrected chi connectivity index (χ4v) is 3.03. The molecule has 1 aromatic carbocycles. The largest absolute Gasteiger partial charge is 0.310 e. The van der Waals surface area contributed by atoms with Gasteiger partial charge in [-0.15, -0.1) is 0 Å². The van der Waals surface area contributed by atoms with E-state index in [2.05, 4.69) is 39.9 Å². The van der Waals surface area contributed by atoms with Crippen LogP contribution in [-0.4, -0.2) is 16.3 Å². The minimum atomic E-state index is -0.190. The van der Waals surface area contributed by atoms with Crippen molar-refractivity contribution in [1.29, 1.82) is 0 Å². The number of nitrogens with one attached hydrogen (secondary N) is 1. The Morgan fingerprint density at radius 3 is 2.80 bits per heavy atom. The second kappa shape index (κ2) is 7.17. The first-order valence-electron chi connectivity index (χ1n) is 6.77. The van der Waals surface area contributed by atoms with Crippen LogP contribution in [0.3, 0.4) is 0 Å². The highest BCUT2D eigenvalue weighted by Crippen LogP contribution is 2.24. The molecule has 0 aliphatic carbocycles. The summed E-state index contributed by atoms with van der Waals surface area (Å²) in [5.41, 5.74) is 2.17. The van der Waals surface area contributed by atoms with Gasteiger partial charge >= 0.3 is 0 Å². The van der Waals surface area contributed by atoms with Crippen molar-refractivity contribution in [2.75, 3.05) is 6.54 Å². The topological polar surface area (TPSA) is 29.9 Å². The third kappa shape index (κ3) is 4.02. The van der Waals surface area contributed by atoms with E-state index in [-0.39, 0.29) is 11.9 Å². The molecule has 0 saturated carbocycles. The Morgan fingerprint density at radius 2 is 2.20 bits per heavy atom. The van der Waals surface area contributed by atoms with E-state index >= 15 is 0 Å². The van der Waals surface area contributed by atoms with Crippen LogP contribution in [0.25, 0.3) is 0 Å². The van der Waals surface area contributed by atoms with Crippen molar-refractivity contribution in [2.45, 2.75) is 25.8 Å². The molecular weight excluding hydrogens is 368 g/mol.